The van der Waals surface area contributed by atoms with E-state index in [2.05, 4.69) is 9.97 Å². The van der Waals surface area contributed by atoms with Crippen molar-refractivity contribution in [3.8, 4) is 11.8 Å². The van der Waals surface area contributed by atoms with Crippen molar-refractivity contribution >= 4 is 23.2 Å². The van der Waals surface area contributed by atoms with Gasteiger partial charge >= 0.3 is 6.01 Å². The van der Waals surface area contributed by atoms with Crippen LogP contribution in [0.2, 0.25) is 10.0 Å². The van der Waals surface area contributed by atoms with E-state index in [1.807, 2.05) is 0 Å². The van der Waals surface area contributed by atoms with E-state index >= 15 is 0 Å². The molecule has 1 aromatic heterocycles. The predicted octanol–water partition coefficient (Wildman–Crippen LogP) is 3.03. The predicted molar refractivity (Wildman–Crippen MR) is 66.5 cm³/mol. The Morgan fingerprint density at radius 1 is 1.18 bits per heavy atom. The molecule has 0 bridgehead atoms. The number of benzene rings is 1. The molecule has 4 nitrogen and oxygen atoms in total. The Morgan fingerprint density at radius 2 is 2.00 bits per heavy atom. The zero-order chi connectivity index (χ0) is 12.3. The molecule has 0 amide bonds. The molecule has 2 rings (SSSR count). The Morgan fingerprint density at radius 3 is 2.71 bits per heavy atom. The number of nitrogens with two attached hydrogens (primary N) is 1. The lowest BCUT2D eigenvalue weighted by molar-refractivity contribution is 0.439. The number of rotatable bonds is 3. The van der Waals surface area contributed by atoms with E-state index in [4.69, 9.17) is 33.7 Å². The van der Waals surface area contributed by atoms with Crippen molar-refractivity contribution in [1.82, 2.24) is 9.97 Å². The maximum absolute atomic E-state index is 5.87. The molecular weight excluding hydrogens is 261 g/mol. The monoisotopic (exact) mass is 269 g/mol. The highest BCUT2D eigenvalue weighted by Gasteiger charge is 2.04. The van der Waals surface area contributed by atoms with Crippen LogP contribution in [0.15, 0.2) is 30.5 Å². The van der Waals surface area contributed by atoms with Crippen molar-refractivity contribution in [2.45, 2.75) is 6.54 Å². The third-order valence-corrected chi connectivity index (χ3v) is 2.74. The Bertz CT molecular complexity index is 534. The smallest absolute Gasteiger partial charge is 0.322 e. The van der Waals surface area contributed by atoms with Crippen molar-refractivity contribution < 1.29 is 4.74 Å². The van der Waals surface area contributed by atoms with Gasteiger partial charge in [0, 0.05) is 18.8 Å². The first-order chi connectivity index (χ1) is 8.19. The fourth-order valence-electron chi connectivity index (χ4n) is 1.18. The van der Waals surface area contributed by atoms with E-state index < -0.39 is 0 Å². The van der Waals surface area contributed by atoms with Gasteiger partial charge in [-0.3, -0.25) is 0 Å². The standard InChI is InChI=1S/C11H9Cl2N3O/c12-9-2-1-8(5-10(9)13)17-11-15-4-3-7(6-14)16-11/h1-5H,6,14H2. The molecular formula is C11H9Cl2N3O. The maximum Gasteiger partial charge on any atom is 0.322 e. The maximum atomic E-state index is 5.87. The molecule has 0 aliphatic heterocycles. The summed E-state index contributed by atoms with van der Waals surface area (Å²) in [5.74, 6) is 0.522. The average molecular weight is 270 g/mol. The van der Waals surface area contributed by atoms with Crippen LogP contribution in [0.3, 0.4) is 0 Å². The molecule has 88 valence electrons. The molecule has 0 saturated carbocycles. The highest BCUT2D eigenvalue weighted by atomic mass is 35.5. The van der Waals surface area contributed by atoms with Gasteiger partial charge in [0.15, 0.2) is 0 Å². The minimum atomic E-state index is 0.228. The fourth-order valence-corrected chi connectivity index (χ4v) is 1.47. The van der Waals surface area contributed by atoms with Crippen LogP contribution < -0.4 is 10.5 Å². The van der Waals surface area contributed by atoms with Crippen LogP contribution in [0.4, 0.5) is 0 Å². The Balaban J connectivity index is 2.22. The van der Waals surface area contributed by atoms with E-state index in [1.54, 1.807) is 30.5 Å². The largest absolute Gasteiger partial charge is 0.424 e. The van der Waals surface area contributed by atoms with Gasteiger partial charge in [-0.2, -0.15) is 4.98 Å². The van der Waals surface area contributed by atoms with Crippen LogP contribution >= 0.6 is 23.2 Å². The van der Waals surface area contributed by atoms with Crippen LogP contribution in [0, 0.1) is 0 Å². The highest BCUT2D eigenvalue weighted by Crippen LogP contribution is 2.28. The second-order valence-corrected chi connectivity index (χ2v) is 4.03. The van der Waals surface area contributed by atoms with Crippen LogP contribution in [0.5, 0.6) is 11.8 Å². The summed E-state index contributed by atoms with van der Waals surface area (Å²) in [7, 11) is 0. The molecule has 0 radical (unpaired) electrons. The molecule has 2 aromatic rings. The fraction of sp³-hybridized carbons (Fsp3) is 0.0909. The molecule has 1 heterocycles. The highest BCUT2D eigenvalue weighted by molar-refractivity contribution is 6.42. The molecule has 17 heavy (non-hydrogen) atoms. The van der Waals surface area contributed by atoms with Crippen molar-refractivity contribution in [1.29, 1.82) is 0 Å². The van der Waals surface area contributed by atoms with E-state index in [-0.39, 0.29) is 6.01 Å². The lowest BCUT2D eigenvalue weighted by Crippen LogP contribution is -2.01. The summed E-state index contributed by atoms with van der Waals surface area (Å²) in [5, 5.41) is 0.884. The van der Waals surface area contributed by atoms with Crippen molar-refractivity contribution in [2.24, 2.45) is 5.73 Å². The van der Waals surface area contributed by atoms with E-state index in [0.29, 0.717) is 28.0 Å². The summed E-state index contributed by atoms with van der Waals surface area (Å²) in [4.78, 5) is 8.07. The van der Waals surface area contributed by atoms with Gasteiger partial charge in [-0.15, -0.1) is 0 Å². The van der Waals surface area contributed by atoms with Crippen LogP contribution in [-0.2, 0) is 6.54 Å². The summed E-state index contributed by atoms with van der Waals surface area (Å²) in [5.41, 5.74) is 6.18. The normalized spacial score (nSPS) is 10.3. The van der Waals surface area contributed by atoms with Gasteiger partial charge in [-0.05, 0) is 18.2 Å². The first kappa shape index (κ1) is 12.1. The molecule has 0 atom stereocenters. The zero-order valence-corrected chi connectivity index (χ0v) is 10.2. The van der Waals surface area contributed by atoms with Crippen molar-refractivity contribution in [3.63, 3.8) is 0 Å². The summed E-state index contributed by atoms with van der Waals surface area (Å²) in [6, 6.07) is 6.88. The zero-order valence-electron chi connectivity index (χ0n) is 8.73. The molecule has 0 aliphatic carbocycles. The van der Waals surface area contributed by atoms with Gasteiger partial charge in [0.05, 0.1) is 15.7 Å². The summed E-state index contributed by atoms with van der Waals surface area (Å²) < 4.78 is 5.44. The average Bonchev–Trinajstić information content (AvgIpc) is 2.34. The number of nitrogens with zero attached hydrogens (tertiary/aromatic N) is 2. The van der Waals surface area contributed by atoms with Gasteiger partial charge in [0.1, 0.15) is 5.75 Å². The topological polar surface area (TPSA) is 61.0 Å². The first-order valence-corrected chi connectivity index (χ1v) is 5.59. The van der Waals surface area contributed by atoms with Gasteiger partial charge in [-0.25, -0.2) is 4.98 Å². The second kappa shape index (κ2) is 5.31. The van der Waals surface area contributed by atoms with Crippen molar-refractivity contribution in [3.05, 3.63) is 46.2 Å². The SMILES string of the molecule is NCc1ccnc(Oc2ccc(Cl)c(Cl)c2)n1. The number of hydrogen-bond donors (Lipinski definition) is 1. The van der Waals surface area contributed by atoms with Crippen LogP contribution in [-0.4, -0.2) is 9.97 Å². The van der Waals surface area contributed by atoms with Gasteiger partial charge in [0.25, 0.3) is 0 Å². The number of halogens is 2. The Kier molecular flexibility index (Phi) is 3.78. The molecule has 0 spiro atoms. The number of hydrogen-bond acceptors (Lipinski definition) is 4. The lowest BCUT2D eigenvalue weighted by Gasteiger charge is -2.05. The Labute approximate surface area is 108 Å². The molecule has 2 N–H and O–H groups in total. The first-order valence-electron chi connectivity index (χ1n) is 4.84. The second-order valence-electron chi connectivity index (χ2n) is 3.21. The van der Waals surface area contributed by atoms with Crippen LogP contribution in [0.1, 0.15) is 5.69 Å². The lowest BCUT2D eigenvalue weighted by atomic mass is 10.3. The summed E-state index contributed by atoms with van der Waals surface area (Å²) in [6.07, 6.45) is 1.59. The summed E-state index contributed by atoms with van der Waals surface area (Å²) >= 11 is 11.7. The number of ether oxygens (including phenoxy) is 1. The van der Waals surface area contributed by atoms with E-state index in [9.17, 15) is 0 Å². The number of aromatic nitrogens is 2. The molecule has 6 heteroatoms. The molecule has 0 aliphatic rings. The van der Waals surface area contributed by atoms with E-state index in [0.717, 1.165) is 0 Å². The molecule has 0 saturated heterocycles. The Hall–Kier alpha value is -1.36. The van der Waals surface area contributed by atoms with Gasteiger partial charge in [-0.1, -0.05) is 23.2 Å². The third-order valence-electron chi connectivity index (χ3n) is 2.00. The molecule has 0 fully saturated rings. The minimum absolute atomic E-state index is 0.228. The molecule has 1 aromatic carbocycles. The quantitative estimate of drug-likeness (QED) is 0.931. The third kappa shape index (κ3) is 3.06. The summed E-state index contributed by atoms with van der Waals surface area (Å²) in [6.45, 7) is 0.334. The van der Waals surface area contributed by atoms with Gasteiger partial charge < -0.3 is 10.5 Å². The van der Waals surface area contributed by atoms with E-state index in [1.165, 1.54) is 0 Å². The minimum Gasteiger partial charge on any atom is -0.424 e. The van der Waals surface area contributed by atoms with Crippen LogP contribution in [0.25, 0.3) is 0 Å². The molecule has 0 unspecified atom stereocenters. The van der Waals surface area contributed by atoms with Gasteiger partial charge in [0.2, 0.25) is 0 Å². The van der Waals surface area contributed by atoms with Crippen molar-refractivity contribution in [2.75, 3.05) is 0 Å².